The summed E-state index contributed by atoms with van der Waals surface area (Å²) in [5, 5.41) is 0. The van der Waals surface area contributed by atoms with Crippen molar-refractivity contribution in [3.63, 3.8) is 0 Å². The van der Waals surface area contributed by atoms with Crippen LogP contribution >= 0.6 is 0 Å². The summed E-state index contributed by atoms with van der Waals surface area (Å²) in [6.45, 7) is 0.356. The van der Waals surface area contributed by atoms with Crippen LogP contribution in [0.15, 0.2) is 60.7 Å². The molecule has 0 spiro atoms. The van der Waals surface area contributed by atoms with E-state index in [0.717, 1.165) is 5.56 Å². The monoisotopic (exact) mass is 298 g/mol. The van der Waals surface area contributed by atoms with Crippen molar-refractivity contribution in [2.24, 2.45) is 0 Å². The second kappa shape index (κ2) is 8.62. The highest BCUT2D eigenvalue weighted by atomic mass is 16.7. The Balaban J connectivity index is 1.60. The molecule has 4 nitrogen and oxygen atoms in total. The van der Waals surface area contributed by atoms with Crippen LogP contribution in [0.1, 0.15) is 28.8 Å². The minimum atomic E-state index is -0.712. The molecular weight excluding hydrogens is 280 g/mol. The van der Waals surface area contributed by atoms with E-state index in [1.807, 2.05) is 48.5 Å². The van der Waals surface area contributed by atoms with Crippen LogP contribution < -0.4 is 0 Å². The molecule has 4 heteroatoms. The lowest BCUT2D eigenvalue weighted by Gasteiger charge is -2.06. The summed E-state index contributed by atoms with van der Waals surface area (Å²) in [7, 11) is 0. The molecule has 2 rings (SSSR count). The predicted octanol–water partition coefficient (Wildman–Crippen LogP) is 4.00. The van der Waals surface area contributed by atoms with E-state index in [-0.39, 0.29) is 19.0 Å². The average molecular weight is 298 g/mol. The number of benzene rings is 2. The maximum absolute atomic E-state index is 11.8. The average Bonchev–Trinajstić information content (AvgIpc) is 2.58. The zero-order chi connectivity index (χ0) is 15.6. The molecule has 0 saturated carbocycles. The van der Waals surface area contributed by atoms with Gasteiger partial charge in [0.15, 0.2) is 5.78 Å². The number of rotatable bonds is 7. The van der Waals surface area contributed by atoms with E-state index in [1.54, 1.807) is 12.1 Å². The first-order chi connectivity index (χ1) is 10.8. The molecule has 0 aliphatic heterocycles. The summed E-state index contributed by atoms with van der Waals surface area (Å²) in [5.41, 5.74) is 1.58. The smallest absolute Gasteiger partial charge is 0.434 e. The number of carbonyl (C=O) groups excluding carboxylic acids is 2. The van der Waals surface area contributed by atoms with Gasteiger partial charge in [-0.1, -0.05) is 60.7 Å². The first-order valence-electron chi connectivity index (χ1n) is 7.17. The third kappa shape index (κ3) is 5.40. The third-order valence-corrected chi connectivity index (χ3v) is 3.06. The van der Waals surface area contributed by atoms with E-state index in [0.29, 0.717) is 18.4 Å². The van der Waals surface area contributed by atoms with Gasteiger partial charge in [0.05, 0.1) is 6.61 Å². The molecule has 0 bridgehead atoms. The van der Waals surface area contributed by atoms with Gasteiger partial charge in [-0.25, -0.2) is 4.79 Å². The Morgan fingerprint density at radius 1 is 0.818 bits per heavy atom. The number of Topliss-reactive ketones (excluding diaryl/α,β-unsaturated/α-hetero) is 1. The molecule has 0 fully saturated rings. The standard InChI is InChI=1S/C18H18O4/c19-17(16-10-5-2-6-11-16)12-7-13-21-18(20)22-14-15-8-3-1-4-9-15/h1-6,8-11H,7,12-14H2. The molecule has 22 heavy (non-hydrogen) atoms. The number of hydrogen-bond donors (Lipinski definition) is 0. The van der Waals surface area contributed by atoms with Crippen LogP contribution in [0, 0.1) is 0 Å². The highest BCUT2D eigenvalue weighted by Gasteiger charge is 2.07. The topological polar surface area (TPSA) is 52.6 Å². The van der Waals surface area contributed by atoms with Gasteiger partial charge in [-0.3, -0.25) is 4.79 Å². The van der Waals surface area contributed by atoms with Gasteiger partial charge in [0.1, 0.15) is 6.61 Å². The van der Waals surface area contributed by atoms with Crippen LogP contribution in [-0.2, 0) is 16.1 Å². The Bertz CT molecular complexity index is 593. The summed E-state index contributed by atoms with van der Waals surface area (Å²) in [6.07, 6.45) is 0.112. The van der Waals surface area contributed by atoms with E-state index in [1.165, 1.54) is 0 Å². The predicted molar refractivity (Wildman–Crippen MR) is 82.6 cm³/mol. The molecule has 0 unspecified atom stereocenters. The fourth-order valence-corrected chi connectivity index (χ4v) is 1.91. The van der Waals surface area contributed by atoms with Gasteiger partial charge in [-0.2, -0.15) is 0 Å². The first-order valence-corrected chi connectivity index (χ1v) is 7.17. The zero-order valence-corrected chi connectivity index (χ0v) is 12.2. The summed E-state index contributed by atoms with van der Waals surface area (Å²) < 4.78 is 9.91. The normalized spacial score (nSPS) is 10.0. The fraction of sp³-hybridized carbons (Fsp3) is 0.222. The van der Waals surface area contributed by atoms with Gasteiger partial charge in [0.2, 0.25) is 0 Å². The number of ether oxygens (including phenoxy) is 2. The van der Waals surface area contributed by atoms with Crippen LogP contribution in [0.4, 0.5) is 4.79 Å². The summed E-state index contributed by atoms with van der Waals surface area (Å²) in [5.74, 6) is 0.0434. The quantitative estimate of drug-likeness (QED) is 0.440. The van der Waals surface area contributed by atoms with Gasteiger partial charge in [-0.15, -0.1) is 0 Å². The van der Waals surface area contributed by atoms with Gasteiger partial charge >= 0.3 is 6.16 Å². The maximum Gasteiger partial charge on any atom is 0.508 e. The third-order valence-electron chi connectivity index (χ3n) is 3.06. The lowest BCUT2D eigenvalue weighted by Crippen LogP contribution is -2.09. The van der Waals surface area contributed by atoms with Crippen molar-refractivity contribution < 1.29 is 19.1 Å². The van der Waals surface area contributed by atoms with Crippen LogP contribution in [0.5, 0.6) is 0 Å². The SMILES string of the molecule is O=C(OCCCC(=O)c1ccccc1)OCc1ccccc1. The molecule has 2 aromatic rings. The largest absolute Gasteiger partial charge is 0.508 e. The molecule has 114 valence electrons. The minimum Gasteiger partial charge on any atom is -0.434 e. The molecule has 0 aliphatic rings. The van der Waals surface area contributed by atoms with Gasteiger partial charge in [0.25, 0.3) is 0 Å². The first kappa shape index (κ1) is 15.8. The number of carbonyl (C=O) groups is 2. The Morgan fingerprint density at radius 3 is 2.14 bits per heavy atom. The van der Waals surface area contributed by atoms with Crippen molar-refractivity contribution in [1.82, 2.24) is 0 Å². The Kier molecular flexibility index (Phi) is 6.18. The van der Waals surface area contributed by atoms with E-state index in [4.69, 9.17) is 9.47 Å². The van der Waals surface area contributed by atoms with E-state index in [2.05, 4.69) is 0 Å². The second-order valence-electron chi connectivity index (χ2n) is 4.77. The molecule has 0 radical (unpaired) electrons. The van der Waals surface area contributed by atoms with Crippen LogP contribution in [0.2, 0.25) is 0 Å². The zero-order valence-electron chi connectivity index (χ0n) is 12.2. The van der Waals surface area contributed by atoms with Gasteiger partial charge in [-0.05, 0) is 12.0 Å². The van der Waals surface area contributed by atoms with Crippen LogP contribution in [-0.4, -0.2) is 18.5 Å². The lowest BCUT2D eigenvalue weighted by atomic mass is 10.1. The minimum absolute atomic E-state index is 0.0434. The molecule has 0 aromatic heterocycles. The molecular formula is C18H18O4. The van der Waals surface area contributed by atoms with Crippen molar-refractivity contribution in [3.8, 4) is 0 Å². The molecule has 0 aliphatic carbocycles. The molecule has 0 amide bonds. The lowest BCUT2D eigenvalue weighted by molar-refractivity contribution is 0.0483. The maximum atomic E-state index is 11.8. The Hall–Kier alpha value is -2.62. The van der Waals surface area contributed by atoms with E-state index in [9.17, 15) is 9.59 Å². The number of hydrogen-bond acceptors (Lipinski definition) is 4. The van der Waals surface area contributed by atoms with E-state index >= 15 is 0 Å². The second-order valence-corrected chi connectivity index (χ2v) is 4.77. The highest BCUT2D eigenvalue weighted by Crippen LogP contribution is 2.06. The molecule has 0 atom stereocenters. The molecule has 2 aromatic carbocycles. The van der Waals surface area contributed by atoms with Crippen molar-refractivity contribution in [3.05, 3.63) is 71.8 Å². The summed E-state index contributed by atoms with van der Waals surface area (Å²) in [6, 6.07) is 18.4. The van der Waals surface area contributed by atoms with E-state index < -0.39 is 6.16 Å². The van der Waals surface area contributed by atoms with Gasteiger partial charge < -0.3 is 9.47 Å². The Labute approximate surface area is 129 Å². The van der Waals surface area contributed by atoms with Crippen molar-refractivity contribution in [1.29, 1.82) is 0 Å². The fourth-order valence-electron chi connectivity index (χ4n) is 1.91. The van der Waals surface area contributed by atoms with Crippen LogP contribution in [0.3, 0.4) is 0 Å². The van der Waals surface area contributed by atoms with Crippen molar-refractivity contribution in [2.75, 3.05) is 6.61 Å². The van der Waals surface area contributed by atoms with Crippen molar-refractivity contribution >= 4 is 11.9 Å². The molecule has 0 N–H and O–H groups in total. The molecule has 0 saturated heterocycles. The van der Waals surface area contributed by atoms with Crippen LogP contribution in [0.25, 0.3) is 0 Å². The highest BCUT2D eigenvalue weighted by molar-refractivity contribution is 5.95. The van der Waals surface area contributed by atoms with Crippen molar-refractivity contribution in [2.45, 2.75) is 19.4 Å². The summed E-state index contributed by atoms with van der Waals surface area (Å²) in [4.78, 5) is 23.2. The number of ketones is 1. The van der Waals surface area contributed by atoms with Gasteiger partial charge in [0, 0.05) is 12.0 Å². The summed E-state index contributed by atoms with van der Waals surface area (Å²) >= 11 is 0. The Morgan fingerprint density at radius 2 is 1.45 bits per heavy atom. The molecule has 0 heterocycles.